The Labute approximate surface area is 95.4 Å². The number of fused-ring (bicyclic) bond motifs is 5. The molecule has 0 aromatic carbocycles. The number of hydrogen-bond donors (Lipinski definition) is 2. The van der Waals surface area contributed by atoms with E-state index >= 15 is 0 Å². The third kappa shape index (κ3) is 1.04. The van der Waals surface area contributed by atoms with Gasteiger partial charge in [-0.15, -0.1) is 0 Å². The molecule has 86 valence electrons. The van der Waals surface area contributed by atoms with Crippen LogP contribution < -0.4 is 5.32 Å². The van der Waals surface area contributed by atoms with Crippen molar-refractivity contribution in [2.45, 2.75) is 24.8 Å². The summed E-state index contributed by atoms with van der Waals surface area (Å²) >= 11 is 0. The Hall–Kier alpha value is -0.870. The molecule has 4 rings (SSSR count). The maximum Gasteiger partial charge on any atom is 0.0926 e. The third-order valence-corrected chi connectivity index (χ3v) is 4.75. The van der Waals surface area contributed by atoms with Crippen LogP contribution in [0.2, 0.25) is 0 Å². The fraction of sp³-hybridized carbons (Fsp3) is 0.750. The Kier molecular flexibility index (Phi) is 1.77. The first-order chi connectivity index (χ1) is 7.88. The molecule has 1 aromatic heterocycles. The molecule has 4 heterocycles. The quantitative estimate of drug-likeness (QED) is 0.665. The van der Waals surface area contributed by atoms with E-state index in [1.165, 1.54) is 43.9 Å². The molecule has 4 nitrogen and oxygen atoms in total. The molecule has 3 aliphatic rings. The predicted octanol–water partition coefficient (Wildman–Crippen LogP) is 0.476. The summed E-state index contributed by atoms with van der Waals surface area (Å²) in [6, 6.07) is 0. The number of aromatic nitrogens is 2. The van der Waals surface area contributed by atoms with Crippen molar-refractivity contribution in [1.29, 1.82) is 0 Å². The average molecular weight is 218 g/mol. The van der Waals surface area contributed by atoms with Crippen molar-refractivity contribution in [2.24, 2.45) is 5.92 Å². The van der Waals surface area contributed by atoms with E-state index < -0.39 is 0 Å². The minimum absolute atomic E-state index is 0.195. The van der Waals surface area contributed by atoms with Crippen molar-refractivity contribution in [3.63, 3.8) is 0 Å². The summed E-state index contributed by atoms with van der Waals surface area (Å²) < 4.78 is 0. The molecule has 3 atom stereocenters. The minimum atomic E-state index is 0.195. The maximum absolute atomic E-state index is 4.61. The lowest BCUT2D eigenvalue weighted by molar-refractivity contribution is 0.119. The highest BCUT2D eigenvalue weighted by Gasteiger charge is 2.50. The Morgan fingerprint density at radius 1 is 1.44 bits per heavy atom. The standard InChI is InChI=1S/C12H18N4/c1-4-15-12(11-10(1)13-8-14-11)3-6-16-5-2-9(12)7-16/h8-9,15H,1-7H2,(H,13,14). The van der Waals surface area contributed by atoms with Crippen molar-refractivity contribution in [3.05, 3.63) is 17.7 Å². The topological polar surface area (TPSA) is 44.0 Å². The van der Waals surface area contributed by atoms with E-state index in [2.05, 4.69) is 20.2 Å². The van der Waals surface area contributed by atoms with Crippen molar-refractivity contribution in [1.82, 2.24) is 20.2 Å². The number of H-pyrrole nitrogens is 1. The van der Waals surface area contributed by atoms with Gasteiger partial charge in [0.2, 0.25) is 0 Å². The first-order valence-electron chi connectivity index (χ1n) is 6.38. The predicted molar refractivity (Wildman–Crippen MR) is 61.1 cm³/mol. The summed E-state index contributed by atoms with van der Waals surface area (Å²) in [5.74, 6) is 0.767. The van der Waals surface area contributed by atoms with Gasteiger partial charge in [-0.05, 0) is 25.3 Å². The molecular weight excluding hydrogens is 200 g/mol. The van der Waals surface area contributed by atoms with E-state index in [9.17, 15) is 0 Å². The molecular formula is C12H18N4. The summed E-state index contributed by atoms with van der Waals surface area (Å²) in [5.41, 5.74) is 2.89. The molecule has 2 N–H and O–H groups in total. The second kappa shape index (κ2) is 3.08. The molecule has 2 bridgehead atoms. The van der Waals surface area contributed by atoms with Gasteiger partial charge in [-0.3, -0.25) is 0 Å². The molecule has 16 heavy (non-hydrogen) atoms. The van der Waals surface area contributed by atoms with Crippen LogP contribution in [0.25, 0.3) is 0 Å². The number of rotatable bonds is 0. The molecule has 2 fully saturated rings. The monoisotopic (exact) mass is 218 g/mol. The molecule has 1 spiro atoms. The van der Waals surface area contributed by atoms with Crippen molar-refractivity contribution in [2.75, 3.05) is 26.2 Å². The first-order valence-corrected chi connectivity index (χ1v) is 6.38. The van der Waals surface area contributed by atoms with Crippen molar-refractivity contribution >= 4 is 0 Å². The molecule has 2 saturated heterocycles. The van der Waals surface area contributed by atoms with Crippen LogP contribution in [-0.2, 0) is 12.0 Å². The molecule has 3 unspecified atom stereocenters. The Morgan fingerprint density at radius 3 is 3.44 bits per heavy atom. The molecule has 0 radical (unpaired) electrons. The summed E-state index contributed by atoms with van der Waals surface area (Å²) in [6.07, 6.45) is 5.54. The second-order valence-electron chi connectivity index (χ2n) is 5.41. The zero-order chi connectivity index (χ0) is 10.6. The number of hydrogen-bond acceptors (Lipinski definition) is 3. The van der Waals surface area contributed by atoms with Crippen LogP contribution in [-0.4, -0.2) is 41.0 Å². The van der Waals surface area contributed by atoms with E-state index in [1.54, 1.807) is 0 Å². The zero-order valence-corrected chi connectivity index (χ0v) is 9.50. The first kappa shape index (κ1) is 9.19. The summed E-state index contributed by atoms with van der Waals surface area (Å²) in [6.45, 7) is 4.88. The van der Waals surface area contributed by atoms with Gasteiger partial charge in [0.1, 0.15) is 0 Å². The van der Waals surface area contributed by atoms with E-state index in [1.807, 2.05) is 6.33 Å². The Bertz CT molecular complexity index is 413. The Morgan fingerprint density at radius 2 is 2.44 bits per heavy atom. The number of imidazole rings is 1. The largest absolute Gasteiger partial charge is 0.348 e. The van der Waals surface area contributed by atoms with Gasteiger partial charge in [-0.1, -0.05) is 0 Å². The highest BCUT2D eigenvalue weighted by atomic mass is 15.2. The fourth-order valence-corrected chi connectivity index (χ4v) is 3.91. The molecule has 3 aliphatic heterocycles. The van der Waals surface area contributed by atoms with E-state index in [0.29, 0.717) is 0 Å². The number of nitrogens with zero attached hydrogens (tertiary/aromatic N) is 2. The van der Waals surface area contributed by atoms with Gasteiger partial charge >= 0.3 is 0 Å². The lowest BCUT2D eigenvalue weighted by atomic mass is 9.74. The zero-order valence-electron chi connectivity index (χ0n) is 9.50. The number of piperidine rings is 1. The molecule has 4 heteroatoms. The van der Waals surface area contributed by atoms with Crippen LogP contribution in [0.5, 0.6) is 0 Å². The van der Waals surface area contributed by atoms with Gasteiger partial charge in [0, 0.05) is 31.7 Å². The van der Waals surface area contributed by atoms with Crippen molar-refractivity contribution < 1.29 is 0 Å². The van der Waals surface area contributed by atoms with Crippen LogP contribution in [0.3, 0.4) is 0 Å². The van der Waals surface area contributed by atoms with Gasteiger partial charge in [0.25, 0.3) is 0 Å². The van der Waals surface area contributed by atoms with Crippen LogP contribution >= 0.6 is 0 Å². The average Bonchev–Trinajstić information content (AvgIpc) is 2.93. The second-order valence-corrected chi connectivity index (χ2v) is 5.41. The maximum atomic E-state index is 4.61. The van der Waals surface area contributed by atoms with Gasteiger partial charge in [-0.25, -0.2) is 4.98 Å². The van der Waals surface area contributed by atoms with E-state index in [4.69, 9.17) is 0 Å². The third-order valence-electron chi connectivity index (χ3n) is 4.75. The van der Waals surface area contributed by atoms with Crippen LogP contribution in [0, 0.1) is 5.92 Å². The number of aromatic amines is 1. The van der Waals surface area contributed by atoms with Gasteiger partial charge in [0.15, 0.2) is 0 Å². The smallest absolute Gasteiger partial charge is 0.0926 e. The lowest BCUT2D eigenvalue weighted by Crippen LogP contribution is -2.56. The SMILES string of the molecule is c1nc2c([nH]1)CCNC21CCN2CCC1C2. The normalized spacial score (nSPS) is 41.2. The lowest BCUT2D eigenvalue weighted by Gasteiger charge is -2.45. The molecule has 0 aliphatic carbocycles. The van der Waals surface area contributed by atoms with E-state index in [0.717, 1.165) is 18.9 Å². The van der Waals surface area contributed by atoms with Gasteiger partial charge < -0.3 is 15.2 Å². The summed E-state index contributed by atoms with van der Waals surface area (Å²) in [5, 5.41) is 3.80. The summed E-state index contributed by atoms with van der Waals surface area (Å²) in [4.78, 5) is 10.5. The van der Waals surface area contributed by atoms with Gasteiger partial charge in [-0.2, -0.15) is 0 Å². The van der Waals surface area contributed by atoms with Gasteiger partial charge in [0.05, 0.1) is 17.6 Å². The molecule has 0 amide bonds. The van der Waals surface area contributed by atoms with Crippen LogP contribution in [0.1, 0.15) is 24.2 Å². The highest BCUT2D eigenvalue weighted by Crippen LogP contribution is 2.44. The molecule has 0 saturated carbocycles. The van der Waals surface area contributed by atoms with Crippen LogP contribution in [0.4, 0.5) is 0 Å². The van der Waals surface area contributed by atoms with E-state index in [-0.39, 0.29) is 5.54 Å². The fourth-order valence-electron chi connectivity index (χ4n) is 3.91. The highest BCUT2D eigenvalue weighted by molar-refractivity contribution is 5.28. The van der Waals surface area contributed by atoms with Crippen molar-refractivity contribution in [3.8, 4) is 0 Å². The molecule has 1 aromatic rings. The van der Waals surface area contributed by atoms with Crippen LogP contribution in [0.15, 0.2) is 6.33 Å². The Balaban J connectivity index is 1.82. The minimum Gasteiger partial charge on any atom is -0.348 e. The summed E-state index contributed by atoms with van der Waals surface area (Å²) in [7, 11) is 0. The number of nitrogens with one attached hydrogen (secondary N) is 2.